The number of amides is 2. The molecule has 0 fully saturated rings. The molecule has 126 valence electrons. The van der Waals surface area contributed by atoms with Crippen molar-refractivity contribution in [1.82, 2.24) is 15.2 Å². The molecule has 2 amide bonds. The fraction of sp³-hybridized carbons (Fsp3) is 0.278. The van der Waals surface area contributed by atoms with E-state index in [0.29, 0.717) is 26.1 Å². The predicted molar refractivity (Wildman–Crippen MR) is 96.2 cm³/mol. The molecule has 0 radical (unpaired) electrons. The Bertz CT molecular complexity index is 674. The maximum Gasteiger partial charge on any atom is 0.224 e. The van der Waals surface area contributed by atoms with Crippen LogP contribution in [0, 0.1) is 0 Å². The van der Waals surface area contributed by atoms with Gasteiger partial charge < -0.3 is 10.2 Å². The first-order valence-electron chi connectivity index (χ1n) is 7.70. The molecule has 0 bridgehead atoms. The van der Waals surface area contributed by atoms with E-state index in [1.165, 1.54) is 6.92 Å². The van der Waals surface area contributed by atoms with Crippen LogP contribution < -0.4 is 5.32 Å². The molecule has 1 aromatic carbocycles. The minimum atomic E-state index is -0.0512. The van der Waals surface area contributed by atoms with Crippen LogP contribution in [0.2, 0.25) is 0 Å². The molecule has 1 N–H and O–H groups in total. The third-order valence-corrected chi connectivity index (χ3v) is 4.08. The second kappa shape index (κ2) is 9.17. The number of hydrogen-bond donors (Lipinski definition) is 1. The standard InChI is InChI=1S/C18H20BrN3O2/c1-14(23)22(13-16-6-8-20-9-7-16)11-10-21-18(24)12-15-2-4-17(19)5-3-15/h2-9H,10-13H2,1H3,(H,21,24). The van der Waals surface area contributed by atoms with E-state index < -0.39 is 0 Å². The zero-order valence-corrected chi connectivity index (χ0v) is 15.1. The number of nitrogens with zero attached hydrogens (tertiary/aromatic N) is 2. The van der Waals surface area contributed by atoms with Crippen LogP contribution in [-0.2, 0) is 22.6 Å². The number of hydrogen-bond acceptors (Lipinski definition) is 3. The highest BCUT2D eigenvalue weighted by molar-refractivity contribution is 9.10. The Hall–Kier alpha value is -2.21. The van der Waals surface area contributed by atoms with E-state index >= 15 is 0 Å². The van der Waals surface area contributed by atoms with E-state index in [9.17, 15) is 9.59 Å². The Labute approximate surface area is 150 Å². The molecule has 1 heterocycles. The van der Waals surface area contributed by atoms with Crippen molar-refractivity contribution in [3.05, 3.63) is 64.4 Å². The summed E-state index contributed by atoms with van der Waals surface area (Å²) in [4.78, 5) is 29.4. The van der Waals surface area contributed by atoms with Crippen LogP contribution in [0.3, 0.4) is 0 Å². The Morgan fingerprint density at radius 1 is 1.08 bits per heavy atom. The minimum absolute atomic E-state index is 0.0195. The number of rotatable bonds is 7. The van der Waals surface area contributed by atoms with Crippen molar-refractivity contribution in [2.24, 2.45) is 0 Å². The highest BCUT2D eigenvalue weighted by Gasteiger charge is 2.10. The number of nitrogens with one attached hydrogen (secondary N) is 1. The largest absolute Gasteiger partial charge is 0.354 e. The highest BCUT2D eigenvalue weighted by Crippen LogP contribution is 2.10. The molecular weight excluding hydrogens is 370 g/mol. The molecule has 0 aliphatic carbocycles. The zero-order chi connectivity index (χ0) is 17.4. The van der Waals surface area contributed by atoms with Gasteiger partial charge in [0.25, 0.3) is 0 Å². The SMILES string of the molecule is CC(=O)N(CCNC(=O)Cc1ccc(Br)cc1)Cc1ccncc1. The monoisotopic (exact) mass is 389 g/mol. The summed E-state index contributed by atoms with van der Waals surface area (Å²) in [7, 11) is 0. The first-order chi connectivity index (χ1) is 11.5. The van der Waals surface area contributed by atoms with Gasteiger partial charge in [-0.3, -0.25) is 14.6 Å². The lowest BCUT2D eigenvalue weighted by atomic mass is 10.1. The van der Waals surface area contributed by atoms with Gasteiger partial charge in [-0.2, -0.15) is 0 Å². The summed E-state index contributed by atoms with van der Waals surface area (Å²) >= 11 is 3.37. The summed E-state index contributed by atoms with van der Waals surface area (Å²) in [6.45, 7) is 2.95. The predicted octanol–water partition coefficient (Wildman–Crippen LogP) is 2.55. The number of carbonyl (C=O) groups excluding carboxylic acids is 2. The summed E-state index contributed by atoms with van der Waals surface area (Å²) < 4.78 is 0.986. The minimum Gasteiger partial charge on any atom is -0.354 e. The van der Waals surface area contributed by atoms with Gasteiger partial charge in [-0.05, 0) is 35.4 Å². The third kappa shape index (κ3) is 6.12. The smallest absolute Gasteiger partial charge is 0.224 e. The second-order valence-electron chi connectivity index (χ2n) is 5.45. The maximum atomic E-state index is 12.0. The quantitative estimate of drug-likeness (QED) is 0.791. The molecule has 0 aliphatic heterocycles. The average molecular weight is 390 g/mol. The number of halogens is 1. The van der Waals surface area contributed by atoms with Gasteiger partial charge in [-0.25, -0.2) is 0 Å². The topological polar surface area (TPSA) is 62.3 Å². The van der Waals surface area contributed by atoms with Crippen molar-refractivity contribution < 1.29 is 9.59 Å². The van der Waals surface area contributed by atoms with Gasteiger partial charge in [0.1, 0.15) is 0 Å². The Morgan fingerprint density at radius 3 is 2.38 bits per heavy atom. The fourth-order valence-electron chi connectivity index (χ4n) is 2.24. The molecule has 2 rings (SSSR count). The van der Waals surface area contributed by atoms with Crippen molar-refractivity contribution in [2.45, 2.75) is 19.9 Å². The lowest BCUT2D eigenvalue weighted by Crippen LogP contribution is -2.37. The highest BCUT2D eigenvalue weighted by atomic mass is 79.9. The van der Waals surface area contributed by atoms with Crippen LogP contribution in [-0.4, -0.2) is 34.8 Å². The molecular formula is C18H20BrN3O2. The number of benzene rings is 1. The van der Waals surface area contributed by atoms with E-state index in [4.69, 9.17) is 0 Å². The van der Waals surface area contributed by atoms with Crippen molar-refractivity contribution in [3.8, 4) is 0 Å². The van der Waals surface area contributed by atoms with Crippen LogP contribution in [0.1, 0.15) is 18.1 Å². The summed E-state index contributed by atoms with van der Waals surface area (Å²) in [6.07, 6.45) is 3.74. The zero-order valence-electron chi connectivity index (χ0n) is 13.5. The summed E-state index contributed by atoms with van der Waals surface area (Å²) in [5.41, 5.74) is 1.97. The first-order valence-corrected chi connectivity index (χ1v) is 8.49. The maximum absolute atomic E-state index is 12.0. The summed E-state index contributed by atoms with van der Waals surface area (Å²) in [5, 5.41) is 2.86. The van der Waals surface area contributed by atoms with Crippen LogP contribution in [0.15, 0.2) is 53.3 Å². The molecule has 2 aromatic rings. The van der Waals surface area contributed by atoms with E-state index in [2.05, 4.69) is 26.2 Å². The number of carbonyl (C=O) groups is 2. The Morgan fingerprint density at radius 2 is 1.75 bits per heavy atom. The molecule has 0 aliphatic rings. The van der Waals surface area contributed by atoms with Crippen LogP contribution in [0.5, 0.6) is 0 Å². The summed E-state index contributed by atoms with van der Waals surface area (Å²) in [6, 6.07) is 11.4. The van der Waals surface area contributed by atoms with Gasteiger partial charge in [-0.1, -0.05) is 28.1 Å². The molecule has 0 spiro atoms. The molecule has 5 nitrogen and oxygen atoms in total. The van der Waals surface area contributed by atoms with Crippen molar-refractivity contribution >= 4 is 27.7 Å². The van der Waals surface area contributed by atoms with Gasteiger partial charge in [-0.15, -0.1) is 0 Å². The molecule has 0 saturated carbocycles. The van der Waals surface area contributed by atoms with E-state index in [1.807, 2.05) is 36.4 Å². The van der Waals surface area contributed by atoms with Crippen molar-refractivity contribution in [3.63, 3.8) is 0 Å². The fourth-order valence-corrected chi connectivity index (χ4v) is 2.50. The second-order valence-corrected chi connectivity index (χ2v) is 6.36. The summed E-state index contributed by atoms with van der Waals surface area (Å²) in [5.74, 6) is -0.0706. The van der Waals surface area contributed by atoms with Crippen molar-refractivity contribution in [1.29, 1.82) is 0 Å². The molecule has 0 saturated heterocycles. The van der Waals surface area contributed by atoms with Gasteiger partial charge in [0.05, 0.1) is 6.42 Å². The molecule has 24 heavy (non-hydrogen) atoms. The van der Waals surface area contributed by atoms with Gasteiger partial charge in [0, 0.05) is 43.4 Å². The van der Waals surface area contributed by atoms with E-state index in [0.717, 1.165) is 15.6 Å². The molecule has 6 heteroatoms. The Balaban J connectivity index is 1.78. The average Bonchev–Trinajstić information content (AvgIpc) is 2.57. The van der Waals surface area contributed by atoms with Crippen LogP contribution in [0.4, 0.5) is 0 Å². The third-order valence-electron chi connectivity index (χ3n) is 3.55. The van der Waals surface area contributed by atoms with Gasteiger partial charge in [0.2, 0.25) is 11.8 Å². The van der Waals surface area contributed by atoms with Gasteiger partial charge >= 0.3 is 0 Å². The Kier molecular flexibility index (Phi) is 6.93. The lowest BCUT2D eigenvalue weighted by Gasteiger charge is -2.21. The van der Waals surface area contributed by atoms with E-state index in [1.54, 1.807) is 17.3 Å². The molecule has 0 atom stereocenters. The van der Waals surface area contributed by atoms with E-state index in [-0.39, 0.29) is 11.8 Å². The molecule has 1 aromatic heterocycles. The lowest BCUT2D eigenvalue weighted by molar-refractivity contribution is -0.130. The first kappa shape index (κ1) is 18.1. The normalized spacial score (nSPS) is 10.2. The van der Waals surface area contributed by atoms with Crippen LogP contribution >= 0.6 is 15.9 Å². The van der Waals surface area contributed by atoms with Crippen LogP contribution in [0.25, 0.3) is 0 Å². The van der Waals surface area contributed by atoms with Gasteiger partial charge in [0.15, 0.2) is 0 Å². The molecule has 0 unspecified atom stereocenters. The number of aromatic nitrogens is 1. The number of pyridine rings is 1. The van der Waals surface area contributed by atoms with Crippen molar-refractivity contribution in [2.75, 3.05) is 13.1 Å².